The Kier molecular flexibility index (Phi) is 2.63. The number of nitrogen functional groups attached to an aromatic ring is 1. The molecule has 0 saturated heterocycles. The molecule has 0 fully saturated rings. The van der Waals surface area contributed by atoms with Gasteiger partial charge < -0.3 is 10.5 Å². The van der Waals surface area contributed by atoms with Crippen LogP contribution in [0.2, 0.25) is 0 Å². The van der Waals surface area contributed by atoms with Crippen molar-refractivity contribution in [1.82, 2.24) is 4.98 Å². The lowest BCUT2D eigenvalue weighted by Gasteiger charge is -2.07. The second kappa shape index (κ2) is 3.97. The first-order valence-corrected chi connectivity index (χ1v) is 4.66. The van der Waals surface area contributed by atoms with Crippen LogP contribution in [0.5, 0.6) is 0 Å². The Hall–Kier alpha value is -2.24. The molecule has 88 valence electrons. The molecular weight excluding hydrogens is 230 g/mol. The number of hydrogen-bond donors (Lipinski definition) is 1. The monoisotopic (exact) mass is 238 g/mol. The van der Waals surface area contributed by atoms with Gasteiger partial charge in [-0.25, -0.2) is 13.6 Å². The van der Waals surface area contributed by atoms with Crippen molar-refractivity contribution in [3.63, 3.8) is 0 Å². The van der Waals surface area contributed by atoms with Crippen molar-refractivity contribution < 1.29 is 18.3 Å². The number of halogens is 2. The molecule has 0 aliphatic carbocycles. The van der Waals surface area contributed by atoms with E-state index < -0.39 is 17.6 Å². The first kappa shape index (κ1) is 11.3. The van der Waals surface area contributed by atoms with E-state index in [1.165, 1.54) is 7.11 Å². The van der Waals surface area contributed by atoms with E-state index >= 15 is 0 Å². The van der Waals surface area contributed by atoms with Crippen LogP contribution in [-0.4, -0.2) is 18.1 Å². The number of aromatic nitrogens is 1. The third-order valence-corrected chi connectivity index (χ3v) is 2.34. The van der Waals surface area contributed by atoms with E-state index in [4.69, 9.17) is 5.73 Å². The lowest BCUT2D eigenvalue weighted by atomic mass is 10.1. The molecule has 0 spiro atoms. The van der Waals surface area contributed by atoms with Gasteiger partial charge in [-0.2, -0.15) is 0 Å². The maximum atomic E-state index is 13.4. The van der Waals surface area contributed by atoms with Crippen LogP contribution in [0.3, 0.4) is 0 Å². The zero-order chi connectivity index (χ0) is 12.6. The number of carbonyl (C=O) groups excluding carboxylic acids is 1. The van der Waals surface area contributed by atoms with E-state index in [1.807, 2.05) is 0 Å². The number of hydrogen-bond acceptors (Lipinski definition) is 4. The van der Waals surface area contributed by atoms with Gasteiger partial charge in [0.25, 0.3) is 0 Å². The number of nitrogens with two attached hydrogens (primary N) is 1. The number of anilines is 1. The maximum absolute atomic E-state index is 13.4. The van der Waals surface area contributed by atoms with Gasteiger partial charge in [-0.05, 0) is 6.07 Å². The highest BCUT2D eigenvalue weighted by molar-refractivity contribution is 6.03. The summed E-state index contributed by atoms with van der Waals surface area (Å²) in [6.07, 6.45) is 1.10. The summed E-state index contributed by atoms with van der Waals surface area (Å²) >= 11 is 0. The minimum absolute atomic E-state index is 0.0231. The van der Waals surface area contributed by atoms with E-state index in [9.17, 15) is 13.6 Å². The number of ether oxygens (including phenoxy) is 1. The molecule has 0 radical (unpaired) electrons. The zero-order valence-corrected chi connectivity index (χ0v) is 8.83. The van der Waals surface area contributed by atoms with Crippen LogP contribution in [0.15, 0.2) is 18.3 Å². The topological polar surface area (TPSA) is 65.2 Å². The molecule has 1 aromatic heterocycles. The van der Waals surface area contributed by atoms with Crippen molar-refractivity contribution in [3.05, 3.63) is 35.5 Å². The smallest absolute Gasteiger partial charge is 0.341 e. The molecule has 2 aromatic rings. The standard InChI is InChI=1S/C11H8F2N2O2/c1-17-11(16)7-4-15-10-6(9(7)14)2-5(12)3-8(10)13/h2-4H,1H3,(H2,14,15). The zero-order valence-electron chi connectivity index (χ0n) is 8.83. The minimum Gasteiger partial charge on any atom is -0.465 e. The van der Waals surface area contributed by atoms with Gasteiger partial charge in [0, 0.05) is 17.6 Å². The summed E-state index contributed by atoms with van der Waals surface area (Å²) in [4.78, 5) is 15.0. The predicted octanol–water partition coefficient (Wildman–Crippen LogP) is 1.88. The second-order valence-corrected chi connectivity index (χ2v) is 3.36. The van der Waals surface area contributed by atoms with Crippen LogP contribution < -0.4 is 5.73 Å². The average molecular weight is 238 g/mol. The summed E-state index contributed by atoms with van der Waals surface area (Å²) in [7, 11) is 1.18. The van der Waals surface area contributed by atoms with Gasteiger partial charge in [-0.1, -0.05) is 0 Å². The molecule has 6 heteroatoms. The molecule has 0 bridgehead atoms. The molecule has 0 atom stereocenters. The number of pyridine rings is 1. The first-order valence-electron chi connectivity index (χ1n) is 4.66. The van der Waals surface area contributed by atoms with Gasteiger partial charge in [-0.15, -0.1) is 0 Å². The number of methoxy groups -OCH3 is 1. The van der Waals surface area contributed by atoms with Gasteiger partial charge >= 0.3 is 5.97 Å². The van der Waals surface area contributed by atoms with E-state index in [-0.39, 0.29) is 22.2 Å². The Morgan fingerprint density at radius 3 is 2.76 bits per heavy atom. The van der Waals surface area contributed by atoms with Crippen molar-refractivity contribution in [1.29, 1.82) is 0 Å². The van der Waals surface area contributed by atoms with E-state index in [0.717, 1.165) is 12.3 Å². The molecule has 0 amide bonds. The molecule has 0 aliphatic rings. The largest absolute Gasteiger partial charge is 0.465 e. The maximum Gasteiger partial charge on any atom is 0.341 e. The second-order valence-electron chi connectivity index (χ2n) is 3.36. The Balaban J connectivity index is 2.79. The molecule has 17 heavy (non-hydrogen) atoms. The van der Waals surface area contributed by atoms with Crippen molar-refractivity contribution >= 4 is 22.6 Å². The van der Waals surface area contributed by atoms with Gasteiger partial charge in [0.1, 0.15) is 16.9 Å². The lowest BCUT2D eigenvalue weighted by molar-refractivity contribution is 0.0601. The Labute approximate surface area is 95.0 Å². The molecule has 2 N–H and O–H groups in total. The molecule has 1 heterocycles. The molecule has 4 nitrogen and oxygen atoms in total. The number of fused-ring (bicyclic) bond motifs is 1. The summed E-state index contributed by atoms with van der Waals surface area (Å²) in [5, 5.41) is 0.0467. The molecule has 2 rings (SSSR count). The highest BCUT2D eigenvalue weighted by atomic mass is 19.1. The van der Waals surface area contributed by atoms with Gasteiger partial charge in [-0.3, -0.25) is 4.98 Å². The fourth-order valence-corrected chi connectivity index (χ4v) is 1.52. The normalized spacial score (nSPS) is 10.5. The third-order valence-electron chi connectivity index (χ3n) is 2.34. The van der Waals surface area contributed by atoms with E-state index in [1.54, 1.807) is 0 Å². The third kappa shape index (κ3) is 1.77. The number of rotatable bonds is 1. The number of nitrogens with zero attached hydrogens (tertiary/aromatic N) is 1. The average Bonchev–Trinajstić information content (AvgIpc) is 2.29. The van der Waals surface area contributed by atoms with Crippen molar-refractivity contribution in [2.75, 3.05) is 12.8 Å². The van der Waals surface area contributed by atoms with Crippen LogP contribution in [0.25, 0.3) is 10.9 Å². The van der Waals surface area contributed by atoms with Crippen LogP contribution >= 0.6 is 0 Å². The van der Waals surface area contributed by atoms with E-state index in [2.05, 4.69) is 9.72 Å². The number of carbonyl (C=O) groups is 1. The first-order chi connectivity index (χ1) is 8.04. The quantitative estimate of drug-likeness (QED) is 0.770. The SMILES string of the molecule is COC(=O)c1cnc2c(F)cc(F)cc2c1N. The highest BCUT2D eigenvalue weighted by Crippen LogP contribution is 2.26. The predicted molar refractivity (Wildman–Crippen MR) is 57.4 cm³/mol. The summed E-state index contributed by atoms with van der Waals surface area (Å²) in [5.41, 5.74) is 5.49. The lowest BCUT2D eigenvalue weighted by Crippen LogP contribution is -2.07. The fraction of sp³-hybridized carbons (Fsp3) is 0.0909. The van der Waals surface area contributed by atoms with Crippen LogP contribution in [-0.2, 0) is 4.74 Å². The Morgan fingerprint density at radius 1 is 1.41 bits per heavy atom. The van der Waals surface area contributed by atoms with Gasteiger partial charge in [0.15, 0.2) is 5.82 Å². The van der Waals surface area contributed by atoms with Gasteiger partial charge in [0.05, 0.1) is 12.8 Å². The molecule has 0 saturated carbocycles. The summed E-state index contributed by atoms with van der Waals surface area (Å²) < 4.78 is 30.9. The van der Waals surface area contributed by atoms with Crippen molar-refractivity contribution in [2.45, 2.75) is 0 Å². The summed E-state index contributed by atoms with van der Waals surface area (Å²) in [6, 6.07) is 1.72. The Bertz CT molecular complexity index is 614. The summed E-state index contributed by atoms with van der Waals surface area (Å²) in [5.74, 6) is -2.32. The van der Waals surface area contributed by atoms with Gasteiger partial charge in [0.2, 0.25) is 0 Å². The van der Waals surface area contributed by atoms with E-state index in [0.29, 0.717) is 6.07 Å². The molecule has 0 unspecified atom stereocenters. The van der Waals surface area contributed by atoms with Crippen LogP contribution in [0.1, 0.15) is 10.4 Å². The highest BCUT2D eigenvalue weighted by Gasteiger charge is 2.16. The fourth-order valence-electron chi connectivity index (χ4n) is 1.52. The van der Waals surface area contributed by atoms with Crippen LogP contribution in [0, 0.1) is 11.6 Å². The number of esters is 1. The molecular formula is C11H8F2N2O2. The van der Waals surface area contributed by atoms with Crippen molar-refractivity contribution in [2.24, 2.45) is 0 Å². The molecule has 1 aromatic carbocycles. The Morgan fingerprint density at radius 2 is 2.12 bits per heavy atom. The summed E-state index contributed by atoms with van der Waals surface area (Å²) in [6.45, 7) is 0. The van der Waals surface area contributed by atoms with Crippen LogP contribution in [0.4, 0.5) is 14.5 Å². The number of benzene rings is 1. The van der Waals surface area contributed by atoms with Crippen molar-refractivity contribution in [3.8, 4) is 0 Å². The molecule has 0 aliphatic heterocycles. The minimum atomic E-state index is -0.830.